The summed E-state index contributed by atoms with van der Waals surface area (Å²) in [7, 11) is 0. The van der Waals surface area contributed by atoms with E-state index in [9.17, 15) is 19.2 Å². The number of anilines is 2. The number of nitrogens with one attached hydrogen (secondary N) is 3. The lowest BCUT2D eigenvalue weighted by Gasteiger charge is -2.42. The second-order valence-electron chi connectivity index (χ2n) is 16.9. The highest BCUT2D eigenvalue weighted by molar-refractivity contribution is 6.67. The third-order valence-electron chi connectivity index (χ3n) is 12.4. The second kappa shape index (κ2) is 28.1. The lowest BCUT2D eigenvalue weighted by molar-refractivity contribution is 0.0673. The maximum atomic E-state index is 12.8. The van der Waals surface area contributed by atoms with Gasteiger partial charge >= 0.3 is 0 Å². The second-order valence-corrected chi connectivity index (χ2v) is 18.8. The highest BCUT2D eigenvalue weighted by Gasteiger charge is 2.39. The summed E-state index contributed by atoms with van der Waals surface area (Å²) in [5, 5.41) is 11.7. The summed E-state index contributed by atoms with van der Waals surface area (Å²) in [6.07, 6.45) is 9.63. The Morgan fingerprint density at radius 1 is 0.612 bits per heavy atom. The number of nitrogens with two attached hydrogens (primary N) is 1. The van der Waals surface area contributed by atoms with Gasteiger partial charge in [0.1, 0.15) is 0 Å². The molecule has 0 aromatic heterocycles. The molecule has 15 heteroatoms. The van der Waals surface area contributed by atoms with Gasteiger partial charge in [-0.1, -0.05) is 99.4 Å². The van der Waals surface area contributed by atoms with Crippen LogP contribution in [0.5, 0.6) is 0 Å². The van der Waals surface area contributed by atoms with Gasteiger partial charge in [-0.3, -0.25) is 19.2 Å². The summed E-state index contributed by atoms with van der Waals surface area (Å²) in [5.41, 5.74) is 9.30. The summed E-state index contributed by atoms with van der Waals surface area (Å²) >= 11 is 28.4. The number of Topliss-reactive ketones (excluding diaryl/α,β-unsaturated/α-hetero) is 2. The van der Waals surface area contributed by atoms with Crippen LogP contribution in [0.15, 0.2) is 84.9 Å². The van der Waals surface area contributed by atoms with Crippen molar-refractivity contribution in [2.45, 2.75) is 104 Å². The summed E-state index contributed by atoms with van der Waals surface area (Å²) in [6.45, 7) is 12.2. The van der Waals surface area contributed by atoms with Gasteiger partial charge in [0.2, 0.25) is 0 Å². The predicted octanol–water partition coefficient (Wildman–Crippen LogP) is 13.0. The number of nitrogens with zero attached hydrogens (tertiary/aromatic N) is 2. The van der Waals surface area contributed by atoms with Crippen molar-refractivity contribution in [2.24, 2.45) is 5.73 Å². The maximum Gasteiger partial charge on any atom is 0.253 e. The van der Waals surface area contributed by atoms with Crippen LogP contribution in [0.4, 0.5) is 11.4 Å². The fourth-order valence-electron chi connectivity index (χ4n) is 8.66. The van der Waals surface area contributed by atoms with Crippen LogP contribution in [-0.4, -0.2) is 96.0 Å². The van der Waals surface area contributed by atoms with Crippen LogP contribution >= 0.6 is 58.0 Å². The van der Waals surface area contributed by atoms with Crippen LogP contribution < -0.4 is 21.7 Å². The number of amides is 1. The van der Waals surface area contributed by atoms with Crippen molar-refractivity contribution in [3.8, 4) is 0 Å². The van der Waals surface area contributed by atoms with Gasteiger partial charge in [-0.15, -0.1) is 0 Å². The number of hydrogen-bond donors (Lipinski definition) is 4. The van der Waals surface area contributed by atoms with Crippen molar-refractivity contribution < 1.29 is 19.2 Å². The molecule has 2 spiro atoms. The number of para-hydroxylation sites is 2. The van der Waals surface area contributed by atoms with Crippen LogP contribution in [-0.2, 0) is 0 Å². The molecular formula is C52H69Cl5N6O4. The topological polar surface area (TPSA) is 137 Å². The van der Waals surface area contributed by atoms with Crippen LogP contribution in [0.1, 0.15) is 134 Å². The highest BCUT2D eigenvalue weighted by Crippen LogP contribution is 2.38. The van der Waals surface area contributed by atoms with Crippen LogP contribution in [0.25, 0.3) is 0 Å². The molecule has 3 saturated heterocycles. The molecule has 5 heterocycles. The zero-order valence-corrected chi connectivity index (χ0v) is 41.1. The number of rotatable bonds is 3. The standard InChI is InChI=1S/C21H20Cl2N2O2.C14H18N2O.C7H3Cl3O.C6H13N.C2H7N.2CH4/c22-16-6-5-14(13-17(16)23)20(27)25-11-9-21(10-12-25)8-7-19(26)15-3-1-2-4-18(15)24-21;17-13-5-6-14(7-9-15-10-8-14)16-12-4-2-1-3-11(12)13;8-5-2-1-4(7(10)11)3-6(5)9;1-2-7-5-3-4-6-7;1-2-3;;/h1-6,13,24H,7-12H2;1-4,15-16H,5-10H2;1-3H;2-6H2,1H3;2-3H2,1H3;2*1H4. The Morgan fingerprint density at radius 3 is 1.48 bits per heavy atom. The average Bonchev–Trinajstić information content (AvgIpc) is 3.76. The smallest absolute Gasteiger partial charge is 0.253 e. The number of piperidine rings is 2. The lowest BCUT2D eigenvalue weighted by Crippen LogP contribution is -2.50. The molecular weight excluding hydrogens is 950 g/mol. The van der Waals surface area contributed by atoms with E-state index in [0.717, 1.165) is 80.7 Å². The van der Waals surface area contributed by atoms with Crippen molar-refractivity contribution in [1.82, 2.24) is 15.1 Å². The first-order chi connectivity index (χ1) is 31.2. The molecule has 4 aromatic carbocycles. The van der Waals surface area contributed by atoms with Crippen LogP contribution in [0, 0.1) is 0 Å². The molecule has 67 heavy (non-hydrogen) atoms. The van der Waals surface area contributed by atoms with E-state index >= 15 is 0 Å². The maximum absolute atomic E-state index is 12.8. The minimum Gasteiger partial charge on any atom is -0.379 e. The fraction of sp³-hybridized carbons (Fsp3) is 0.462. The molecule has 0 bridgehead atoms. The van der Waals surface area contributed by atoms with E-state index < -0.39 is 5.24 Å². The zero-order chi connectivity index (χ0) is 47.0. The first-order valence-corrected chi connectivity index (χ1v) is 24.4. The Morgan fingerprint density at radius 2 is 1.04 bits per heavy atom. The van der Waals surface area contributed by atoms with Crippen molar-refractivity contribution in [3.63, 3.8) is 0 Å². The van der Waals surface area contributed by atoms with E-state index in [1.165, 1.54) is 50.7 Å². The lowest BCUT2D eigenvalue weighted by atomic mass is 9.83. The van der Waals surface area contributed by atoms with E-state index in [-0.39, 0.29) is 43.4 Å². The van der Waals surface area contributed by atoms with E-state index in [1.807, 2.05) is 60.4 Å². The van der Waals surface area contributed by atoms with Gasteiger partial charge in [-0.2, -0.15) is 0 Å². The first kappa shape index (κ1) is 57.6. The quantitative estimate of drug-likeness (QED) is 0.148. The molecule has 0 unspecified atom stereocenters. The Hall–Kier alpha value is -3.71. The van der Waals surface area contributed by atoms with Gasteiger partial charge in [0.05, 0.1) is 20.1 Å². The monoisotopic (exact) mass is 1020 g/mol. The zero-order valence-electron chi connectivity index (χ0n) is 37.3. The summed E-state index contributed by atoms with van der Waals surface area (Å²) < 4.78 is 0. The molecule has 0 radical (unpaired) electrons. The van der Waals surface area contributed by atoms with Gasteiger partial charge in [0, 0.05) is 70.6 Å². The predicted molar refractivity (Wildman–Crippen MR) is 283 cm³/mol. The van der Waals surface area contributed by atoms with Crippen molar-refractivity contribution >= 4 is 92.1 Å². The Labute approximate surface area is 423 Å². The molecule has 4 aromatic rings. The number of carbonyl (C=O) groups is 4. The number of hydrogen-bond acceptors (Lipinski definition) is 9. The molecule has 3 fully saturated rings. The molecule has 5 aliphatic rings. The normalized spacial score (nSPS) is 17.6. The number of ketones is 2. The van der Waals surface area contributed by atoms with Gasteiger partial charge in [0.15, 0.2) is 11.6 Å². The van der Waals surface area contributed by atoms with E-state index in [1.54, 1.807) is 18.2 Å². The molecule has 5 N–H and O–H groups in total. The molecule has 9 rings (SSSR count). The van der Waals surface area contributed by atoms with E-state index in [0.29, 0.717) is 57.1 Å². The highest BCUT2D eigenvalue weighted by atomic mass is 35.5. The molecule has 5 aliphatic heterocycles. The van der Waals surface area contributed by atoms with Crippen molar-refractivity contribution in [2.75, 3.05) is 63.0 Å². The van der Waals surface area contributed by atoms with E-state index in [2.05, 4.69) is 27.8 Å². The number of carbonyl (C=O) groups excluding carboxylic acids is 4. The van der Waals surface area contributed by atoms with Crippen molar-refractivity contribution in [1.29, 1.82) is 0 Å². The molecule has 0 atom stereocenters. The molecule has 1 amide bonds. The van der Waals surface area contributed by atoms with Crippen molar-refractivity contribution in [3.05, 3.63) is 127 Å². The van der Waals surface area contributed by atoms with Gasteiger partial charge < -0.3 is 31.5 Å². The van der Waals surface area contributed by atoms with Crippen LogP contribution in [0.3, 0.4) is 0 Å². The van der Waals surface area contributed by atoms with Gasteiger partial charge in [-0.05, 0) is 163 Å². The van der Waals surface area contributed by atoms with Gasteiger partial charge in [-0.25, -0.2) is 0 Å². The summed E-state index contributed by atoms with van der Waals surface area (Å²) in [6, 6.07) is 25.1. The average molecular weight is 1020 g/mol. The minimum absolute atomic E-state index is 0. The third-order valence-corrected chi connectivity index (χ3v) is 14.1. The SMILES string of the molecule is C.C.CCN.CCN1CCCC1.O=C(Cl)c1ccc(Cl)c(Cl)c1.O=C1CCC2(CCN(C(=O)c3ccc(Cl)c(Cl)c3)CC2)Nc2ccccc21.O=C1CCC2(CCNCC2)Nc2ccccc21. The molecule has 0 saturated carbocycles. The Balaban J connectivity index is 0.000000254. The summed E-state index contributed by atoms with van der Waals surface area (Å²) in [4.78, 5) is 52.2. The van der Waals surface area contributed by atoms with Gasteiger partial charge in [0.25, 0.3) is 11.1 Å². The number of likely N-dealkylation sites (tertiary alicyclic amines) is 2. The third kappa shape index (κ3) is 16.5. The Bertz CT molecular complexity index is 2240. The Kier molecular flexibility index (Phi) is 24.1. The first-order valence-electron chi connectivity index (χ1n) is 22.6. The molecule has 10 nitrogen and oxygen atoms in total. The molecule has 0 aliphatic carbocycles. The van der Waals surface area contributed by atoms with E-state index in [4.69, 9.17) is 63.7 Å². The summed E-state index contributed by atoms with van der Waals surface area (Å²) in [5.74, 6) is 0.432. The fourth-order valence-corrected chi connectivity index (χ4v) is 9.38. The minimum atomic E-state index is -0.538. The molecule has 366 valence electrons. The largest absolute Gasteiger partial charge is 0.379 e. The number of benzene rings is 4. The van der Waals surface area contributed by atoms with Crippen LogP contribution in [0.2, 0.25) is 20.1 Å². The number of halogens is 5. The number of fused-ring (bicyclic) bond motifs is 2.